The molecule has 3 aromatic heterocycles. The van der Waals surface area contributed by atoms with E-state index < -0.39 is 0 Å². The van der Waals surface area contributed by atoms with Gasteiger partial charge in [0.1, 0.15) is 11.6 Å². The fourth-order valence-corrected chi connectivity index (χ4v) is 2.01. The third-order valence-corrected chi connectivity index (χ3v) is 3.09. The lowest BCUT2D eigenvalue weighted by Crippen LogP contribution is -2.10. The minimum Gasteiger partial charge on any atom is -0.363 e. The number of hydrogen-bond donors (Lipinski definition) is 2. The first-order valence-corrected chi connectivity index (χ1v) is 6.37. The van der Waals surface area contributed by atoms with Crippen molar-refractivity contribution in [1.82, 2.24) is 19.9 Å². The molecule has 0 aliphatic carbocycles. The zero-order chi connectivity index (χ0) is 14.1. The van der Waals surface area contributed by atoms with Crippen molar-refractivity contribution in [2.75, 3.05) is 19.0 Å². The van der Waals surface area contributed by atoms with Crippen molar-refractivity contribution < 1.29 is 0 Å². The van der Waals surface area contributed by atoms with Crippen molar-refractivity contribution in [3.63, 3.8) is 0 Å². The van der Waals surface area contributed by atoms with E-state index in [1.54, 1.807) is 6.20 Å². The quantitative estimate of drug-likeness (QED) is 0.753. The SMILES string of the molecule is CN(C)c1ccc2[nH]c(-c3ccnc(CN)c3)nc2n1. The molecule has 3 N–H and O–H groups in total. The number of fused-ring (bicyclic) bond motifs is 1. The van der Waals surface area contributed by atoms with Crippen LogP contribution < -0.4 is 10.6 Å². The summed E-state index contributed by atoms with van der Waals surface area (Å²) >= 11 is 0. The summed E-state index contributed by atoms with van der Waals surface area (Å²) in [7, 11) is 3.91. The summed E-state index contributed by atoms with van der Waals surface area (Å²) < 4.78 is 0. The normalized spacial score (nSPS) is 10.9. The molecule has 0 saturated heterocycles. The summed E-state index contributed by atoms with van der Waals surface area (Å²) in [5, 5.41) is 0. The molecule has 3 aromatic rings. The van der Waals surface area contributed by atoms with Gasteiger partial charge >= 0.3 is 0 Å². The van der Waals surface area contributed by atoms with Gasteiger partial charge in [-0.1, -0.05) is 0 Å². The Balaban J connectivity index is 2.08. The minimum absolute atomic E-state index is 0.414. The van der Waals surface area contributed by atoms with E-state index in [9.17, 15) is 0 Å². The Morgan fingerprint density at radius 3 is 2.80 bits per heavy atom. The maximum absolute atomic E-state index is 5.61. The van der Waals surface area contributed by atoms with Gasteiger partial charge in [-0.25, -0.2) is 9.97 Å². The van der Waals surface area contributed by atoms with Crippen molar-refractivity contribution in [2.24, 2.45) is 5.73 Å². The minimum atomic E-state index is 0.414. The van der Waals surface area contributed by atoms with Gasteiger partial charge in [0.05, 0.1) is 11.2 Å². The molecule has 0 amide bonds. The predicted molar refractivity (Wildman–Crippen MR) is 79.3 cm³/mol. The van der Waals surface area contributed by atoms with Crippen LogP contribution in [-0.2, 0) is 6.54 Å². The Hall–Kier alpha value is -2.47. The third-order valence-electron chi connectivity index (χ3n) is 3.09. The molecule has 0 aliphatic heterocycles. The fourth-order valence-electron chi connectivity index (χ4n) is 2.01. The number of anilines is 1. The molecule has 3 rings (SSSR count). The predicted octanol–water partition coefficient (Wildman–Crippen LogP) is 1.54. The highest BCUT2D eigenvalue weighted by Gasteiger charge is 2.08. The number of nitrogens with one attached hydrogen (secondary N) is 1. The van der Waals surface area contributed by atoms with Crippen molar-refractivity contribution in [2.45, 2.75) is 6.54 Å². The monoisotopic (exact) mass is 268 g/mol. The average molecular weight is 268 g/mol. The number of nitrogens with two attached hydrogens (primary N) is 1. The summed E-state index contributed by atoms with van der Waals surface area (Å²) in [6.07, 6.45) is 1.74. The molecule has 0 atom stereocenters. The molecule has 3 heterocycles. The molecule has 0 fully saturated rings. The average Bonchev–Trinajstić information content (AvgIpc) is 2.90. The first kappa shape index (κ1) is 12.6. The van der Waals surface area contributed by atoms with E-state index in [2.05, 4.69) is 19.9 Å². The Bertz CT molecular complexity index is 746. The van der Waals surface area contributed by atoms with E-state index in [-0.39, 0.29) is 0 Å². The van der Waals surface area contributed by atoms with Crippen molar-refractivity contribution in [1.29, 1.82) is 0 Å². The van der Waals surface area contributed by atoms with Gasteiger partial charge in [-0.15, -0.1) is 0 Å². The Morgan fingerprint density at radius 2 is 2.05 bits per heavy atom. The van der Waals surface area contributed by atoms with Crippen molar-refractivity contribution >= 4 is 17.0 Å². The van der Waals surface area contributed by atoms with E-state index >= 15 is 0 Å². The Labute approximate surface area is 116 Å². The molecule has 0 bridgehead atoms. The van der Waals surface area contributed by atoms with Crippen LogP contribution in [0, 0.1) is 0 Å². The van der Waals surface area contributed by atoms with E-state index in [1.165, 1.54) is 0 Å². The van der Waals surface area contributed by atoms with Gasteiger partial charge in [0.25, 0.3) is 0 Å². The van der Waals surface area contributed by atoms with Crippen LogP contribution >= 0.6 is 0 Å². The van der Waals surface area contributed by atoms with Gasteiger partial charge < -0.3 is 15.6 Å². The zero-order valence-corrected chi connectivity index (χ0v) is 11.5. The summed E-state index contributed by atoms with van der Waals surface area (Å²) in [6, 6.07) is 7.79. The molecular formula is C14H16N6. The topological polar surface area (TPSA) is 83.7 Å². The highest BCUT2D eigenvalue weighted by atomic mass is 15.1. The largest absolute Gasteiger partial charge is 0.363 e. The van der Waals surface area contributed by atoms with Crippen LogP contribution in [0.15, 0.2) is 30.5 Å². The van der Waals surface area contributed by atoms with E-state index in [0.29, 0.717) is 12.2 Å². The van der Waals surface area contributed by atoms with Crippen LogP contribution in [0.25, 0.3) is 22.6 Å². The van der Waals surface area contributed by atoms with Crippen molar-refractivity contribution in [3.05, 3.63) is 36.2 Å². The summed E-state index contributed by atoms with van der Waals surface area (Å²) in [5.74, 6) is 1.66. The molecule has 0 aliphatic rings. The van der Waals surface area contributed by atoms with Gasteiger partial charge in [-0.05, 0) is 24.3 Å². The standard InChI is InChI=1S/C14H16N6/c1-20(2)12-4-3-11-14(18-12)19-13(17-11)9-5-6-16-10(7-9)8-15/h3-7H,8,15H2,1-2H3,(H,17,18,19). The molecule has 0 aromatic carbocycles. The molecular weight excluding hydrogens is 252 g/mol. The Morgan fingerprint density at radius 1 is 1.20 bits per heavy atom. The second-order valence-electron chi connectivity index (χ2n) is 4.76. The smallest absolute Gasteiger partial charge is 0.180 e. The molecule has 20 heavy (non-hydrogen) atoms. The Kier molecular flexibility index (Phi) is 3.08. The first-order chi connectivity index (χ1) is 9.67. The van der Waals surface area contributed by atoms with Crippen LogP contribution in [0.1, 0.15) is 5.69 Å². The second-order valence-corrected chi connectivity index (χ2v) is 4.76. The number of aromatic nitrogens is 4. The van der Waals surface area contributed by atoms with Gasteiger partial charge in [0, 0.05) is 32.4 Å². The van der Waals surface area contributed by atoms with Crippen LogP contribution in [0.3, 0.4) is 0 Å². The number of imidazole rings is 1. The van der Waals surface area contributed by atoms with E-state index in [4.69, 9.17) is 5.73 Å². The molecule has 0 radical (unpaired) electrons. The zero-order valence-electron chi connectivity index (χ0n) is 11.5. The lowest BCUT2D eigenvalue weighted by Gasteiger charge is -2.09. The molecule has 0 saturated carbocycles. The summed E-state index contributed by atoms with van der Waals surface area (Å²) in [4.78, 5) is 18.5. The molecule has 102 valence electrons. The molecule has 6 nitrogen and oxygen atoms in total. The molecule has 0 spiro atoms. The number of pyridine rings is 2. The number of aromatic amines is 1. The van der Waals surface area contributed by atoms with Gasteiger partial charge in [0.15, 0.2) is 5.65 Å². The van der Waals surface area contributed by atoms with Crippen LogP contribution in [0.2, 0.25) is 0 Å². The van der Waals surface area contributed by atoms with Gasteiger partial charge in [-0.2, -0.15) is 0 Å². The van der Waals surface area contributed by atoms with Gasteiger partial charge in [0.2, 0.25) is 0 Å². The number of H-pyrrole nitrogens is 1. The highest BCUT2D eigenvalue weighted by Crippen LogP contribution is 2.21. The maximum atomic E-state index is 5.61. The van der Waals surface area contributed by atoms with Crippen LogP contribution in [0.4, 0.5) is 5.82 Å². The maximum Gasteiger partial charge on any atom is 0.180 e. The lowest BCUT2D eigenvalue weighted by atomic mass is 10.2. The van der Waals surface area contributed by atoms with Crippen molar-refractivity contribution in [3.8, 4) is 11.4 Å². The highest BCUT2D eigenvalue weighted by molar-refractivity contribution is 5.77. The number of rotatable bonds is 3. The molecule has 0 unspecified atom stereocenters. The lowest BCUT2D eigenvalue weighted by molar-refractivity contribution is 0.990. The number of hydrogen-bond acceptors (Lipinski definition) is 5. The van der Waals surface area contributed by atoms with Crippen LogP contribution in [0.5, 0.6) is 0 Å². The fraction of sp³-hybridized carbons (Fsp3) is 0.214. The summed E-state index contributed by atoms with van der Waals surface area (Å²) in [6.45, 7) is 0.414. The number of nitrogens with zero attached hydrogens (tertiary/aromatic N) is 4. The van der Waals surface area contributed by atoms with E-state index in [0.717, 1.165) is 28.4 Å². The van der Waals surface area contributed by atoms with E-state index in [1.807, 2.05) is 43.3 Å². The first-order valence-electron chi connectivity index (χ1n) is 6.37. The van der Waals surface area contributed by atoms with Gasteiger partial charge in [-0.3, -0.25) is 4.98 Å². The second kappa shape index (κ2) is 4.90. The summed E-state index contributed by atoms with van der Waals surface area (Å²) in [5.41, 5.74) is 9.03. The molecule has 6 heteroatoms. The third kappa shape index (κ3) is 2.21. The van der Waals surface area contributed by atoms with Crippen LogP contribution in [-0.4, -0.2) is 34.0 Å².